The molecular formula is C18H12N4O8S. The van der Waals surface area contributed by atoms with E-state index in [9.17, 15) is 34.6 Å². The highest BCUT2D eigenvalue weighted by molar-refractivity contribution is 8.18. The minimum Gasteiger partial charge on any atom is -0.449 e. The fraction of sp³-hybridized carbons (Fsp3) is 0.0556. The second kappa shape index (κ2) is 8.62. The Hall–Kier alpha value is -4.26. The number of nitro benzene ring substituents is 2. The Morgan fingerprint density at radius 1 is 1.10 bits per heavy atom. The molecule has 1 aliphatic rings. The number of benzene rings is 2. The molecule has 2 N–H and O–H groups in total. The molecular weight excluding hydrogens is 432 g/mol. The Kier molecular flexibility index (Phi) is 5.97. The second-order valence-corrected chi connectivity index (χ2v) is 7.03. The second-order valence-electron chi connectivity index (χ2n) is 6.04. The highest BCUT2D eigenvalue weighted by Crippen LogP contribution is 2.38. The van der Waals surface area contributed by atoms with E-state index in [1.165, 1.54) is 18.2 Å². The van der Waals surface area contributed by atoms with Crippen LogP contribution in [-0.2, 0) is 9.59 Å². The van der Waals surface area contributed by atoms with Crippen LogP contribution in [0.5, 0.6) is 11.5 Å². The molecule has 0 aromatic heterocycles. The Bertz CT molecular complexity index is 1160. The first kappa shape index (κ1) is 21.4. The number of carbonyl (C=O) groups is 3. The van der Waals surface area contributed by atoms with Gasteiger partial charge in [-0.05, 0) is 30.0 Å². The van der Waals surface area contributed by atoms with Crippen molar-refractivity contribution in [1.82, 2.24) is 4.90 Å². The van der Waals surface area contributed by atoms with Crippen molar-refractivity contribution in [2.45, 2.75) is 0 Å². The lowest BCUT2D eigenvalue weighted by Gasteiger charge is -2.10. The third-order valence-corrected chi connectivity index (χ3v) is 4.87. The maximum atomic E-state index is 12.4. The van der Waals surface area contributed by atoms with Crippen LogP contribution in [0, 0.1) is 20.2 Å². The lowest BCUT2D eigenvalue weighted by molar-refractivity contribution is -0.394. The summed E-state index contributed by atoms with van der Waals surface area (Å²) in [6.07, 6.45) is 1.33. The van der Waals surface area contributed by atoms with Crippen LogP contribution < -0.4 is 10.5 Å². The quantitative estimate of drug-likeness (QED) is 0.382. The largest absolute Gasteiger partial charge is 0.449 e. The van der Waals surface area contributed by atoms with Gasteiger partial charge in [0.2, 0.25) is 11.7 Å². The Morgan fingerprint density at radius 3 is 2.45 bits per heavy atom. The van der Waals surface area contributed by atoms with Crippen LogP contribution in [0.25, 0.3) is 6.08 Å². The van der Waals surface area contributed by atoms with Gasteiger partial charge in [-0.15, -0.1) is 0 Å². The summed E-state index contributed by atoms with van der Waals surface area (Å²) in [6.45, 7) is -0.560. The van der Waals surface area contributed by atoms with Crippen LogP contribution in [0.3, 0.4) is 0 Å². The molecule has 0 radical (unpaired) electrons. The van der Waals surface area contributed by atoms with Crippen molar-refractivity contribution in [2.24, 2.45) is 5.73 Å². The molecule has 2 aromatic rings. The normalized spacial score (nSPS) is 14.7. The summed E-state index contributed by atoms with van der Waals surface area (Å²) < 4.78 is 5.60. The van der Waals surface area contributed by atoms with E-state index in [4.69, 9.17) is 10.5 Å². The number of rotatable bonds is 7. The van der Waals surface area contributed by atoms with Crippen LogP contribution in [0.15, 0.2) is 47.4 Å². The number of nitro groups is 2. The van der Waals surface area contributed by atoms with Gasteiger partial charge in [-0.3, -0.25) is 39.5 Å². The number of carbonyl (C=O) groups excluding carboxylic acids is 3. The molecule has 31 heavy (non-hydrogen) atoms. The standard InChI is InChI=1S/C18H12N4O8S/c19-16(23)9-20-17(24)15(31-18(20)25)7-10-3-1-2-4-13(10)30-14-6-5-11(21(26)27)8-12(14)22(28)29/h1-8H,9H2,(H2,19,23)/b15-7-. The summed E-state index contributed by atoms with van der Waals surface area (Å²) >= 11 is 0.599. The summed E-state index contributed by atoms with van der Waals surface area (Å²) in [5.41, 5.74) is 4.25. The first-order valence-corrected chi connectivity index (χ1v) is 9.22. The molecule has 12 nitrogen and oxygen atoms in total. The van der Waals surface area contributed by atoms with Crippen LogP contribution in [0.4, 0.5) is 16.2 Å². The number of non-ortho nitro benzene ring substituents is 1. The third kappa shape index (κ3) is 4.67. The van der Waals surface area contributed by atoms with Crippen molar-refractivity contribution < 1.29 is 29.0 Å². The van der Waals surface area contributed by atoms with Gasteiger partial charge in [-0.2, -0.15) is 0 Å². The van der Waals surface area contributed by atoms with E-state index in [1.807, 2.05) is 0 Å². The number of hydrogen-bond acceptors (Lipinski definition) is 9. The fourth-order valence-electron chi connectivity index (χ4n) is 2.59. The smallest absolute Gasteiger partial charge is 0.318 e. The van der Waals surface area contributed by atoms with Gasteiger partial charge < -0.3 is 10.5 Å². The fourth-order valence-corrected chi connectivity index (χ4v) is 3.42. The maximum absolute atomic E-state index is 12.4. The summed E-state index contributed by atoms with van der Waals surface area (Å²) in [5, 5.41) is 21.5. The van der Waals surface area contributed by atoms with E-state index in [1.54, 1.807) is 12.1 Å². The number of amides is 3. The van der Waals surface area contributed by atoms with E-state index in [0.29, 0.717) is 22.2 Å². The van der Waals surface area contributed by atoms with Crippen molar-refractivity contribution >= 4 is 46.3 Å². The topological polar surface area (TPSA) is 176 Å². The van der Waals surface area contributed by atoms with Crippen LogP contribution in [0.1, 0.15) is 5.56 Å². The van der Waals surface area contributed by atoms with Gasteiger partial charge in [0.25, 0.3) is 16.8 Å². The van der Waals surface area contributed by atoms with E-state index < -0.39 is 44.8 Å². The molecule has 1 fully saturated rings. The zero-order valence-electron chi connectivity index (χ0n) is 15.4. The number of ether oxygens (including phenoxy) is 1. The van der Waals surface area contributed by atoms with Gasteiger partial charge in [0.15, 0.2) is 0 Å². The van der Waals surface area contributed by atoms with E-state index in [2.05, 4.69) is 0 Å². The van der Waals surface area contributed by atoms with Crippen molar-refractivity contribution in [3.05, 3.63) is 73.2 Å². The van der Waals surface area contributed by atoms with Gasteiger partial charge in [-0.25, -0.2) is 0 Å². The monoisotopic (exact) mass is 444 g/mol. The molecule has 1 heterocycles. The molecule has 0 saturated carbocycles. The van der Waals surface area contributed by atoms with Gasteiger partial charge in [0.05, 0.1) is 20.8 Å². The Labute approximate surface area is 177 Å². The van der Waals surface area contributed by atoms with Crippen LogP contribution in [0.2, 0.25) is 0 Å². The number of thioether (sulfide) groups is 1. The van der Waals surface area contributed by atoms with E-state index >= 15 is 0 Å². The highest BCUT2D eigenvalue weighted by Gasteiger charge is 2.36. The average Bonchev–Trinajstić information content (AvgIpc) is 2.96. The van der Waals surface area contributed by atoms with Crippen LogP contribution >= 0.6 is 11.8 Å². The molecule has 0 bridgehead atoms. The van der Waals surface area contributed by atoms with Crippen molar-refractivity contribution in [1.29, 1.82) is 0 Å². The van der Waals surface area contributed by atoms with Gasteiger partial charge in [0.1, 0.15) is 12.3 Å². The molecule has 1 aliphatic heterocycles. The Morgan fingerprint density at radius 2 is 1.81 bits per heavy atom. The van der Waals surface area contributed by atoms with Gasteiger partial charge >= 0.3 is 5.69 Å². The van der Waals surface area contributed by atoms with Crippen LogP contribution in [-0.4, -0.2) is 38.3 Å². The molecule has 0 spiro atoms. The summed E-state index contributed by atoms with van der Waals surface area (Å²) in [4.78, 5) is 56.7. The van der Waals surface area contributed by atoms with Gasteiger partial charge in [-0.1, -0.05) is 18.2 Å². The van der Waals surface area contributed by atoms with E-state index in [-0.39, 0.29) is 16.4 Å². The number of nitrogens with zero attached hydrogens (tertiary/aromatic N) is 3. The van der Waals surface area contributed by atoms with Gasteiger partial charge in [0, 0.05) is 11.6 Å². The molecule has 158 valence electrons. The predicted octanol–water partition coefficient (Wildman–Crippen LogP) is 2.82. The molecule has 0 aliphatic carbocycles. The van der Waals surface area contributed by atoms with Crippen molar-refractivity contribution in [3.63, 3.8) is 0 Å². The van der Waals surface area contributed by atoms with Crippen molar-refractivity contribution in [3.8, 4) is 11.5 Å². The number of primary amides is 1. The lowest BCUT2D eigenvalue weighted by atomic mass is 10.1. The minimum absolute atomic E-state index is 0.000462. The molecule has 0 unspecified atom stereocenters. The minimum atomic E-state index is -0.849. The number of para-hydroxylation sites is 1. The molecule has 3 amide bonds. The maximum Gasteiger partial charge on any atom is 0.318 e. The van der Waals surface area contributed by atoms with E-state index in [0.717, 1.165) is 18.2 Å². The first-order valence-electron chi connectivity index (χ1n) is 8.40. The average molecular weight is 444 g/mol. The first-order chi connectivity index (χ1) is 14.7. The molecule has 13 heteroatoms. The third-order valence-electron chi connectivity index (χ3n) is 3.96. The van der Waals surface area contributed by atoms with Crippen molar-refractivity contribution in [2.75, 3.05) is 6.54 Å². The summed E-state index contributed by atoms with van der Waals surface area (Å²) in [5.74, 6) is -1.72. The summed E-state index contributed by atoms with van der Waals surface area (Å²) in [6, 6.07) is 9.10. The predicted molar refractivity (Wildman–Crippen MR) is 108 cm³/mol. The lowest BCUT2D eigenvalue weighted by Crippen LogP contribution is -2.36. The molecule has 1 saturated heterocycles. The molecule has 0 atom stereocenters. The Balaban J connectivity index is 1.96. The number of imide groups is 1. The number of hydrogen-bond donors (Lipinski definition) is 1. The highest BCUT2D eigenvalue weighted by atomic mass is 32.2. The summed E-state index contributed by atoms with van der Waals surface area (Å²) in [7, 11) is 0. The zero-order chi connectivity index (χ0) is 22.7. The SMILES string of the molecule is NC(=O)CN1C(=O)S/C(=C\c2ccccc2Oc2ccc([N+](=O)[O-])cc2[N+](=O)[O-])C1=O. The molecule has 2 aromatic carbocycles. The zero-order valence-corrected chi connectivity index (χ0v) is 16.2. The number of nitrogens with two attached hydrogens (primary N) is 1. The molecule has 3 rings (SSSR count).